The van der Waals surface area contributed by atoms with Crippen molar-refractivity contribution in [2.24, 2.45) is 0 Å². The maximum Gasteiger partial charge on any atom is 0.412 e. The number of aliphatic hydroxyl groups is 1. The molecular formula is C10H12ClNO3. The molecule has 0 aliphatic rings. The summed E-state index contributed by atoms with van der Waals surface area (Å²) in [6.45, 7) is 1.88. The fraction of sp³-hybridized carbons (Fsp3) is 0.300. The molecule has 1 amide bonds. The quantitative estimate of drug-likeness (QED) is 0.830. The molecule has 0 aromatic heterocycles. The fourth-order valence-electron chi connectivity index (χ4n) is 0.982. The molecule has 0 radical (unpaired) electrons. The summed E-state index contributed by atoms with van der Waals surface area (Å²) in [7, 11) is 0. The Hall–Kier alpha value is -1.26. The second-order valence-corrected chi connectivity index (χ2v) is 3.36. The van der Waals surface area contributed by atoms with Crippen LogP contribution in [0, 0.1) is 6.92 Å². The highest BCUT2D eigenvalue weighted by atomic mass is 35.5. The number of carbonyl (C=O) groups excluding carboxylic acids is 1. The van der Waals surface area contributed by atoms with E-state index < -0.39 is 6.09 Å². The van der Waals surface area contributed by atoms with Gasteiger partial charge in [0, 0.05) is 11.6 Å². The van der Waals surface area contributed by atoms with Gasteiger partial charge in [0.25, 0.3) is 0 Å². The van der Waals surface area contributed by atoms with Gasteiger partial charge in [-0.25, -0.2) is 4.79 Å². The van der Waals surface area contributed by atoms with E-state index in [1.54, 1.807) is 18.2 Å². The molecule has 0 spiro atoms. The van der Waals surface area contributed by atoms with Crippen LogP contribution in [0.5, 0.6) is 5.75 Å². The lowest BCUT2D eigenvalue weighted by Gasteiger charge is -2.06. The third-order valence-corrected chi connectivity index (χ3v) is 2.15. The number of amides is 1. The van der Waals surface area contributed by atoms with E-state index in [1.165, 1.54) is 0 Å². The Kier molecular flexibility index (Phi) is 4.39. The van der Waals surface area contributed by atoms with Crippen LogP contribution < -0.4 is 10.1 Å². The molecule has 1 rings (SSSR count). The first kappa shape index (κ1) is 11.8. The zero-order valence-electron chi connectivity index (χ0n) is 8.29. The first-order valence-corrected chi connectivity index (χ1v) is 4.84. The van der Waals surface area contributed by atoms with E-state index in [2.05, 4.69) is 5.32 Å². The van der Waals surface area contributed by atoms with Gasteiger partial charge in [0.2, 0.25) is 0 Å². The average molecular weight is 230 g/mol. The lowest BCUT2D eigenvalue weighted by molar-refractivity contribution is 0.195. The molecular weight excluding hydrogens is 218 g/mol. The van der Waals surface area contributed by atoms with Crippen molar-refractivity contribution < 1.29 is 14.6 Å². The van der Waals surface area contributed by atoms with Gasteiger partial charge in [-0.2, -0.15) is 0 Å². The fourth-order valence-corrected chi connectivity index (χ4v) is 1.10. The lowest BCUT2D eigenvalue weighted by atomic mass is 10.2. The van der Waals surface area contributed by atoms with Crippen LogP contribution in [0.25, 0.3) is 0 Å². The van der Waals surface area contributed by atoms with Crippen LogP contribution in [-0.4, -0.2) is 24.4 Å². The third-order valence-electron chi connectivity index (χ3n) is 1.72. The monoisotopic (exact) mass is 229 g/mol. The van der Waals surface area contributed by atoms with E-state index in [0.717, 1.165) is 5.56 Å². The Bertz CT molecular complexity index is 355. The predicted octanol–water partition coefficient (Wildman–Crippen LogP) is 1.73. The molecule has 0 saturated carbocycles. The first-order chi connectivity index (χ1) is 7.13. The number of carbonyl (C=O) groups is 1. The number of hydrogen-bond acceptors (Lipinski definition) is 3. The van der Waals surface area contributed by atoms with Crippen LogP contribution in [-0.2, 0) is 0 Å². The molecule has 5 heteroatoms. The topological polar surface area (TPSA) is 58.6 Å². The van der Waals surface area contributed by atoms with Crippen molar-refractivity contribution in [3.05, 3.63) is 28.8 Å². The van der Waals surface area contributed by atoms with Gasteiger partial charge in [-0.3, -0.25) is 0 Å². The molecule has 0 bridgehead atoms. The molecule has 0 fully saturated rings. The van der Waals surface area contributed by atoms with Crippen LogP contribution in [0.3, 0.4) is 0 Å². The van der Waals surface area contributed by atoms with Crippen LogP contribution in [0.1, 0.15) is 5.56 Å². The van der Waals surface area contributed by atoms with Gasteiger partial charge < -0.3 is 15.2 Å². The summed E-state index contributed by atoms with van der Waals surface area (Å²) < 4.78 is 4.93. The number of aliphatic hydroxyl groups excluding tert-OH is 1. The standard InChI is InChI=1S/C10H12ClNO3/c1-7-6-8(2-3-9(7)11)15-10(14)12-4-5-13/h2-3,6,13H,4-5H2,1H3,(H,12,14). The van der Waals surface area contributed by atoms with Gasteiger partial charge in [0.1, 0.15) is 5.75 Å². The lowest BCUT2D eigenvalue weighted by Crippen LogP contribution is -2.29. The summed E-state index contributed by atoms with van der Waals surface area (Å²) >= 11 is 5.81. The molecule has 15 heavy (non-hydrogen) atoms. The van der Waals surface area contributed by atoms with Gasteiger partial charge in [-0.05, 0) is 30.7 Å². The highest BCUT2D eigenvalue weighted by Gasteiger charge is 2.04. The van der Waals surface area contributed by atoms with E-state index in [9.17, 15) is 4.79 Å². The number of benzene rings is 1. The summed E-state index contributed by atoms with van der Waals surface area (Å²) in [4.78, 5) is 11.1. The summed E-state index contributed by atoms with van der Waals surface area (Å²) in [5.74, 6) is 0.423. The Morgan fingerprint density at radius 1 is 1.60 bits per heavy atom. The van der Waals surface area contributed by atoms with Gasteiger partial charge in [0.15, 0.2) is 0 Å². The van der Waals surface area contributed by atoms with Gasteiger partial charge in [-0.15, -0.1) is 0 Å². The van der Waals surface area contributed by atoms with Gasteiger partial charge in [-0.1, -0.05) is 11.6 Å². The van der Waals surface area contributed by atoms with E-state index in [0.29, 0.717) is 10.8 Å². The third kappa shape index (κ3) is 3.77. The predicted molar refractivity (Wildman–Crippen MR) is 57.3 cm³/mol. The minimum Gasteiger partial charge on any atom is -0.410 e. The van der Waals surface area contributed by atoms with E-state index >= 15 is 0 Å². The molecule has 4 nitrogen and oxygen atoms in total. The summed E-state index contributed by atoms with van der Waals surface area (Å²) in [5.41, 5.74) is 0.837. The first-order valence-electron chi connectivity index (χ1n) is 4.46. The minimum atomic E-state index is -0.592. The van der Waals surface area contributed by atoms with Gasteiger partial charge in [0.05, 0.1) is 6.61 Å². The SMILES string of the molecule is Cc1cc(OC(=O)NCCO)ccc1Cl. The number of ether oxygens (including phenoxy) is 1. The molecule has 2 N–H and O–H groups in total. The molecule has 0 aliphatic heterocycles. The van der Waals surface area contributed by atoms with Crippen molar-refractivity contribution in [1.82, 2.24) is 5.32 Å². The number of halogens is 1. The molecule has 0 heterocycles. The summed E-state index contributed by atoms with van der Waals surface area (Å²) in [6.07, 6.45) is -0.592. The molecule has 0 atom stereocenters. The van der Waals surface area contributed by atoms with Crippen molar-refractivity contribution >= 4 is 17.7 Å². The molecule has 82 valence electrons. The van der Waals surface area contributed by atoms with E-state index in [1.807, 2.05) is 6.92 Å². The average Bonchev–Trinajstić information content (AvgIpc) is 2.20. The zero-order valence-corrected chi connectivity index (χ0v) is 9.04. The number of nitrogens with one attached hydrogen (secondary N) is 1. The Balaban J connectivity index is 2.57. The van der Waals surface area contributed by atoms with Gasteiger partial charge >= 0.3 is 6.09 Å². The normalized spacial score (nSPS) is 9.80. The smallest absolute Gasteiger partial charge is 0.410 e. The largest absolute Gasteiger partial charge is 0.412 e. The molecule has 0 saturated heterocycles. The maximum atomic E-state index is 11.1. The van der Waals surface area contributed by atoms with Crippen LogP contribution in [0.15, 0.2) is 18.2 Å². The number of hydrogen-bond donors (Lipinski definition) is 2. The molecule has 1 aromatic carbocycles. The van der Waals surface area contributed by atoms with Crippen molar-refractivity contribution in [1.29, 1.82) is 0 Å². The highest BCUT2D eigenvalue weighted by Crippen LogP contribution is 2.20. The van der Waals surface area contributed by atoms with Crippen molar-refractivity contribution in [2.45, 2.75) is 6.92 Å². The maximum absolute atomic E-state index is 11.1. The van der Waals surface area contributed by atoms with Crippen molar-refractivity contribution in [2.75, 3.05) is 13.2 Å². The van der Waals surface area contributed by atoms with Crippen LogP contribution in [0.2, 0.25) is 5.02 Å². The van der Waals surface area contributed by atoms with Crippen molar-refractivity contribution in [3.63, 3.8) is 0 Å². The van der Waals surface area contributed by atoms with E-state index in [-0.39, 0.29) is 13.2 Å². The van der Waals surface area contributed by atoms with Crippen LogP contribution in [0.4, 0.5) is 4.79 Å². The molecule has 1 aromatic rings. The Morgan fingerprint density at radius 3 is 2.93 bits per heavy atom. The van der Waals surface area contributed by atoms with Crippen molar-refractivity contribution in [3.8, 4) is 5.75 Å². The number of aryl methyl sites for hydroxylation is 1. The number of rotatable bonds is 3. The Labute approximate surface area is 92.8 Å². The minimum absolute atomic E-state index is 0.116. The summed E-state index contributed by atoms with van der Waals surface area (Å²) in [6, 6.07) is 4.93. The Morgan fingerprint density at radius 2 is 2.33 bits per heavy atom. The highest BCUT2D eigenvalue weighted by molar-refractivity contribution is 6.31. The van der Waals surface area contributed by atoms with Crippen LogP contribution >= 0.6 is 11.6 Å². The van der Waals surface area contributed by atoms with E-state index in [4.69, 9.17) is 21.4 Å². The second kappa shape index (κ2) is 5.58. The molecule has 0 unspecified atom stereocenters. The summed E-state index contributed by atoms with van der Waals surface area (Å²) in [5, 5.41) is 11.5. The second-order valence-electron chi connectivity index (χ2n) is 2.95. The zero-order chi connectivity index (χ0) is 11.3. The molecule has 0 aliphatic carbocycles.